The molecule has 3 heterocycles. The quantitative estimate of drug-likeness (QED) is 0.651. The van der Waals surface area contributed by atoms with Gasteiger partial charge in [0.2, 0.25) is 11.8 Å². The number of likely N-dealkylation sites (tertiary alicyclic amines) is 1. The summed E-state index contributed by atoms with van der Waals surface area (Å²) < 4.78 is 26.5. The molecule has 1 N–H and O–H groups in total. The van der Waals surface area contributed by atoms with Crippen molar-refractivity contribution in [1.82, 2.24) is 24.9 Å². The molecule has 0 saturated carbocycles. The molecule has 2 fully saturated rings. The monoisotopic (exact) mass is 417 g/mol. The largest absolute Gasteiger partial charge is 0.352 e. The second kappa shape index (κ2) is 7.76. The van der Waals surface area contributed by atoms with E-state index in [0.717, 1.165) is 0 Å². The number of aryl methyl sites for hydroxylation is 1. The summed E-state index contributed by atoms with van der Waals surface area (Å²) in [6, 6.07) is -0.423. The lowest BCUT2D eigenvalue weighted by Gasteiger charge is -2.21. The zero-order chi connectivity index (χ0) is 19.8. The zero-order valence-corrected chi connectivity index (χ0v) is 16.9. The van der Waals surface area contributed by atoms with Crippen molar-refractivity contribution >= 4 is 33.3 Å². The molecule has 0 unspecified atom stereocenters. The highest BCUT2D eigenvalue weighted by Crippen LogP contribution is 2.34. The highest BCUT2D eigenvalue weighted by molar-refractivity contribution is 7.92. The standard InChI is InChI=1S/C16H24ClN5O4S/c1-20(2)16(24)9-21-7-12-13(10-27(25,26)14(12)8-21)19-15(23)3-4-22-6-11(17)5-18-22/h5-6,12-14H,3-4,7-10H2,1-2H3,(H,19,23)/t12-,13+,14-/m0/s1. The number of amides is 2. The van der Waals surface area contributed by atoms with E-state index in [1.54, 1.807) is 25.0 Å². The van der Waals surface area contributed by atoms with E-state index in [2.05, 4.69) is 10.4 Å². The summed E-state index contributed by atoms with van der Waals surface area (Å²) >= 11 is 5.79. The summed E-state index contributed by atoms with van der Waals surface area (Å²) in [7, 11) is 0.0572. The first kappa shape index (κ1) is 20.1. The molecule has 11 heteroatoms. The van der Waals surface area contributed by atoms with Crippen molar-refractivity contribution in [3.8, 4) is 0 Å². The second-order valence-electron chi connectivity index (χ2n) is 7.36. The van der Waals surface area contributed by atoms with E-state index in [-0.39, 0.29) is 36.5 Å². The van der Waals surface area contributed by atoms with E-state index in [0.29, 0.717) is 24.7 Å². The molecule has 0 aromatic carbocycles. The molecule has 2 aliphatic rings. The second-order valence-corrected chi connectivity index (χ2v) is 10.1. The molecule has 1 aromatic heterocycles. The zero-order valence-electron chi connectivity index (χ0n) is 15.3. The van der Waals surface area contributed by atoms with Crippen LogP contribution >= 0.6 is 11.6 Å². The van der Waals surface area contributed by atoms with Crippen molar-refractivity contribution < 1.29 is 18.0 Å². The average Bonchev–Trinajstić information content (AvgIpc) is 3.23. The van der Waals surface area contributed by atoms with E-state index >= 15 is 0 Å². The number of nitrogens with zero attached hydrogens (tertiary/aromatic N) is 4. The van der Waals surface area contributed by atoms with Crippen LogP contribution in [0.4, 0.5) is 0 Å². The van der Waals surface area contributed by atoms with Gasteiger partial charge in [0, 0.05) is 58.3 Å². The Morgan fingerprint density at radius 1 is 1.37 bits per heavy atom. The fraction of sp³-hybridized carbons (Fsp3) is 0.688. The van der Waals surface area contributed by atoms with Gasteiger partial charge in [-0.05, 0) is 0 Å². The lowest BCUT2D eigenvalue weighted by molar-refractivity contribution is -0.129. The minimum absolute atomic E-state index is 0.0445. The van der Waals surface area contributed by atoms with Gasteiger partial charge in [-0.15, -0.1) is 0 Å². The summed E-state index contributed by atoms with van der Waals surface area (Å²) in [6.07, 6.45) is 3.31. The Hall–Kier alpha value is -1.65. The SMILES string of the molecule is CN(C)C(=O)CN1C[C@H]2[C@H](NC(=O)CCn3cc(Cl)cn3)CS(=O)(=O)[C@H]2C1. The van der Waals surface area contributed by atoms with Crippen molar-refractivity contribution in [2.45, 2.75) is 24.3 Å². The van der Waals surface area contributed by atoms with Crippen LogP contribution in [0.3, 0.4) is 0 Å². The summed E-state index contributed by atoms with van der Waals surface area (Å²) in [5.41, 5.74) is 0. The van der Waals surface area contributed by atoms with Gasteiger partial charge in [0.05, 0.1) is 28.8 Å². The number of carbonyl (C=O) groups is 2. The first-order valence-electron chi connectivity index (χ1n) is 8.77. The first-order chi connectivity index (χ1) is 12.7. The first-order valence-corrected chi connectivity index (χ1v) is 10.9. The highest BCUT2D eigenvalue weighted by Gasteiger charge is 2.52. The topological polar surface area (TPSA) is 105 Å². The van der Waals surface area contributed by atoms with Gasteiger partial charge in [0.15, 0.2) is 9.84 Å². The molecule has 0 spiro atoms. The van der Waals surface area contributed by atoms with Crippen molar-refractivity contribution in [3.05, 3.63) is 17.4 Å². The molecule has 9 nitrogen and oxygen atoms in total. The molecule has 2 amide bonds. The molecular weight excluding hydrogens is 394 g/mol. The molecule has 0 bridgehead atoms. The number of rotatable bonds is 6. The Labute approximate surface area is 163 Å². The Bertz CT molecular complexity index is 825. The van der Waals surface area contributed by atoms with E-state index in [1.165, 1.54) is 11.1 Å². The van der Waals surface area contributed by atoms with Gasteiger partial charge in [0.1, 0.15) is 0 Å². The Balaban J connectivity index is 1.57. The summed E-state index contributed by atoms with van der Waals surface area (Å²) in [5, 5.41) is 6.85. The predicted molar refractivity (Wildman–Crippen MR) is 100.0 cm³/mol. The van der Waals surface area contributed by atoms with Crippen LogP contribution in [0.15, 0.2) is 12.4 Å². The fourth-order valence-corrected chi connectivity index (χ4v) is 6.19. The van der Waals surface area contributed by atoms with E-state index in [9.17, 15) is 18.0 Å². The third kappa shape index (κ3) is 4.61. The number of hydrogen-bond acceptors (Lipinski definition) is 6. The molecule has 2 saturated heterocycles. The molecule has 1 aromatic rings. The maximum Gasteiger partial charge on any atom is 0.236 e. The number of aromatic nitrogens is 2. The molecule has 150 valence electrons. The van der Waals surface area contributed by atoms with Crippen LogP contribution in [-0.4, -0.2) is 90.6 Å². The van der Waals surface area contributed by atoms with Crippen molar-refractivity contribution in [1.29, 1.82) is 0 Å². The lowest BCUT2D eigenvalue weighted by Crippen LogP contribution is -2.43. The van der Waals surface area contributed by atoms with Crippen LogP contribution in [0.2, 0.25) is 5.02 Å². The molecule has 0 radical (unpaired) electrons. The van der Waals surface area contributed by atoms with E-state index in [1.807, 2.05) is 4.90 Å². The molecule has 3 rings (SSSR count). The van der Waals surface area contributed by atoms with Crippen molar-refractivity contribution in [2.75, 3.05) is 39.5 Å². The number of nitrogens with one attached hydrogen (secondary N) is 1. The van der Waals surface area contributed by atoms with Gasteiger partial charge in [-0.1, -0.05) is 11.6 Å². The third-order valence-electron chi connectivity index (χ3n) is 5.15. The van der Waals surface area contributed by atoms with Crippen LogP contribution in [0, 0.1) is 5.92 Å². The average molecular weight is 418 g/mol. The maximum absolute atomic E-state index is 12.5. The normalized spacial score (nSPS) is 26.7. The minimum atomic E-state index is -3.29. The Morgan fingerprint density at radius 2 is 2.11 bits per heavy atom. The maximum atomic E-state index is 12.5. The van der Waals surface area contributed by atoms with Gasteiger partial charge in [-0.2, -0.15) is 5.10 Å². The molecule has 0 aliphatic carbocycles. The molecule has 2 aliphatic heterocycles. The van der Waals surface area contributed by atoms with E-state index < -0.39 is 21.1 Å². The van der Waals surface area contributed by atoms with Gasteiger partial charge >= 0.3 is 0 Å². The van der Waals surface area contributed by atoms with Gasteiger partial charge < -0.3 is 10.2 Å². The molecule has 27 heavy (non-hydrogen) atoms. The predicted octanol–water partition coefficient (Wildman–Crippen LogP) is -0.772. The summed E-state index contributed by atoms with van der Waals surface area (Å²) in [6.45, 7) is 1.39. The van der Waals surface area contributed by atoms with Gasteiger partial charge in [-0.3, -0.25) is 19.2 Å². The van der Waals surface area contributed by atoms with Crippen LogP contribution in [0.25, 0.3) is 0 Å². The molecule has 3 atom stereocenters. The number of hydrogen-bond donors (Lipinski definition) is 1. The Morgan fingerprint density at radius 3 is 2.74 bits per heavy atom. The fourth-order valence-electron chi connectivity index (χ4n) is 3.71. The van der Waals surface area contributed by atoms with Gasteiger partial charge in [0.25, 0.3) is 0 Å². The summed E-state index contributed by atoms with van der Waals surface area (Å²) in [5.74, 6) is -0.513. The highest BCUT2D eigenvalue weighted by atomic mass is 35.5. The lowest BCUT2D eigenvalue weighted by atomic mass is 10.0. The van der Waals surface area contributed by atoms with Crippen molar-refractivity contribution in [3.63, 3.8) is 0 Å². The number of sulfone groups is 1. The molecular formula is C16H24ClN5O4S. The number of likely N-dealkylation sites (N-methyl/N-ethyl adjacent to an activating group) is 1. The van der Waals surface area contributed by atoms with Crippen LogP contribution in [-0.2, 0) is 26.0 Å². The van der Waals surface area contributed by atoms with Crippen LogP contribution < -0.4 is 5.32 Å². The Kier molecular flexibility index (Phi) is 5.78. The third-order valence-corrected chi connectivity index (χ3v) is 7.59. The number of fused-ring (bicyclic) bond motifs is 1. The van der Waals surface area contributed by atoms with Crippen LogP contribution in [0.5, 0.6) is 0 Å². The number of halogens is 1. The minimum Gasteiger partial charge on any atom is -0.352 e. The van der Waals surface area contributed by atoms with Crippen molar-refractivity contribution in [2.24, 2.45) is 5.92 Å². The van der Waals surface area contributed by atoms with E-state index in [4.69, 9.17) is 11.6 Å². The smallest absolute Gasteiger partial charge is 0.236 e. The summed E-state index contributed by atoms with van der Waals surface area (Å²) in [4.78, 5) is 27.5. The van der Waals surface area contributed by atoms with Crippen LogP contribution in [0.1, 0.15) is 6.42 Å². The number of carbonyl (C=O) groups excluding carboxylic acids is 2. The van der Waals surface area contributed by atoms with Gasteiger partial charge in [-0.25, -0.2) is 8.42 Å².